The molecule has 4 nitrogen and oxygen atoms in total. The number of rotatable bonds is 3. The molecule has 0 N–H and O–H groups in total. The highest BCUT2D eigenvalue weighted by Crippen LogP contribution is 2.24. The van der Waals surface area contributed by atoms with Crippen LogP contribution in [0.4, 0.5) is 4.39 Å². The maximum Gasteiger partial charge on any atom is 0.141 e. The Balaban J connectivity index is 1.86. The van der Waals surface area contributed by atoms with E-state index in [-0.39, 0.29) is 5.02 Å². The van der Waals surface area contributed by atoms with Crippen LogP contribution in [0.15, 0.2) is 36.7 Å². The van der Waals surface area contributed by atoms with Crippen molar-refractivity contribution in [2.45, 2.75) is 13.5 Å². The number of benzene rings is 1. The van der Waals surface area contributed by atoms with E-state index in [1.807, 2.05) is 35.6 Å². The van der Waals surface area contributed by atoms with Gasteiger partial charge in [-0.05, 0) is 30.7 Å². The summed E-state index contributed by atoms with van der Waals surface area (Å²) >= 11 is 5.81. The fraction of sp³-hybridized carbons (Fsp3) is 0.200. The van der Waals surface area contributed by atoms with Crippen LogP contribution in [0.2, 0.25) is 5.02 Å². The largest absolute Gasteiger partial charge is 0.270 e. The Morgan fingerprint density at radius 3 is 2.71 bits per heavy atom. The molecule has 0 spiro atoms. The highest BCUT2D eigenvalue weighted by atomic mass is 35.5. The van der Waals surface area contributed by atoms with Gasteiger partial charge in [0.15, 0.2) is 0 Å². The predicted octanol–water partition coefficient (Wildman–Crippen LogP) is 3.43. The number of halogens is 2. The van der Waals surface area contributed by atoms with Crippen LogP contribution in [0.5, 0.6) is 0 Å². The van der Waals surface area contributed by atoms with Crippen molar-refractivity contribution >= 4 is 11.6 Å². The first-order valence-electron chi connectivity index (χ1n) is 6.50. The average molecular weight is 305 g/mol. The lowest BCUT2D eigenvalue weighted by molar-refractivity contribution is 0.619. The Bertz CT molecular complexity index is 791. The molecule has 2 aromatic heterocycles. The summed E-state index contributed by atoms with van der Waals surface area (Å²) in [5.74, 6) is -0.418. The van der Waals surface area contributed by atoms with E-state index in [4.69, 9.17) is 11.6 Å². The summed E-state index contributed by atoms with van der Waals surface area (Å²) in [5.41, 5.74) is 3.79. The number of hydrogen-bond acceptors (Lipinski definition) is 2. The van der Waals surface area contributed by atoms with Gasteiger partial charge in [0.2, 0.25) is 0 Å². The summed E-state index contributed by atoms with van der Waals surface area (Å²) in [4.78, 5) is 0. The van der Waals surface area contributed by atoms with Crippen LogP contribution >= 0.6 is 11.6 Å². The van der Waals surface area contributed by atoms with Gasteiger partial charge in [-0.2, -0.15) is 10.2 Å². The Hall–Kier alpha value is -2.14. The summed E-state index contributed by atoms with van der Waals surface area (Å²) in [7, 11) is 1.91. The first kappa shape index (κ1) is 13.8. The van der Waals surface area contributed by atoms with E-state index < -0.39 is 5.82 Å². The van der Waals surface area contributed by atoms with Crippen LogP contribution in [-0.4, -0.2) is 19.6 Å². The normalized spacial score (nSPS) is 11.0. The van der Waals surface area contributed by atoms with E-state index >= 15 is 0 Å². The van der Waals surface area contributed by atoms with E-state index in [0.29, 0.717) is 6.54 Å². The Labute approximate surface area is 126 Å². The van der Waals surface area contributed by atoms with Crippen molar-refractivity contribution < 1.29 is 4.39 Å². The van der Waals surface area contributed by atoms with Gasteiger partial charge in [0.25, 0.3) is 0 Å². The summed E-state index contributed by atoms with van der Waals surface area (Å²) in [6.07, 6.45) is 3.65. The van der Waals surface area contributed by atoms with Gasteiger partial charge in [-0.3, -0.25) is 9.36 Å². The maximum atomic E-state index is 13.2. The van der Waals surface area contributed by atoms with Crippen molar-refractivity contribution in [3.8, 4) is 11.1 Å². The molecule has 6 heteroatoms. The van der Waals surface area contributed by atoms with Gasteiger partial charge in [-0.25, -0.2) is 4.39 Å². The quantitative estimate of drug-likeness (QED) is 0.743. The summed E-state index contributed by atoms with van der Waals surface area (Å²) in [5, 5.41) is 8.75. The zero-order chi connectivity index (χ0) is 15.0. The lowest BCUT2D eigenvalue weighted by Gasteiger charge is -2.02. The number of hydrogen-bond donors (Lipinski definition) is 0. The minimum absolute atomic E-state index is 0.113. The monoisotopic (exact) mass is 304 g/mol. The molecule has 0 unspecified atom stereocenters. The summed E-state index contributed by atoms with van der Waals surface area (Å²) in [6.45, 7) is 2.59. The van der Waals surface area contributed by atoms with Crippen LogP contribution in [-0.2, 0) is 13.6 Å². The lowest BCUT2D eigenvalue weighted by Crippen LogP contribution is -2.05. The van der Waals surface area contributed by atoms with Gasteiger partial charge in [0, 0.05) is 18.8 Å². The number of nitrogens with zero attached hydrogens (tertiary/aromatic N) is 4. The highest BCUT2D eigenvalue weighted by molar-refractivity contribution is 6.31. The van der Waals surface area contributed by atoms with Gasteiger partial charge in [0.05, 0.1) is 29.2 Å². The van der Waals surface area contributed by atoms with Crippen molar-refractivity contribution in [2.24, 2.45) is 7.05 Å². The van der Waals surface area contributed by atoms with Gasteiger partial charge in [0.1, 0.15) is 5.82 Å². The predicted molar refractivity (Wildman–Crippen MR) is 79.7 cm³/mol. The second-order valence-electron chi connectivity index (χ2n) is 4.96. The van der Waals surface area contributed by atoms with Gasteiger partial charge < -0.3 is 0 Å². The number of aromatic nitrogens is 4. The Morgan fingerprint density at radius 2 is 2.05 bits per heavy atom. The first-order valence-corrected chi connectivity index (χ1v) is 6.88. The van der Waals surface area contributed by atoms with Crippen LogP contribution in [0, 0.1) is 12.7 Å². The van der Waals surface area contributed by atoms with Crippen LogP contribution < -0.4 is 0 Å². The smallest absolute Gasteiger partial charge is 0.141 e. The fourth-order valence-corrected chi connectivity index (χ4v) is 2.43. The molecule has 0 radical (unpaired) electrons. The average Bonchev–Trinajstić information content (AvgIpc) is 3.01. The third-order valence-corrected chi connectivity index (χ3v) is 3.60. The molecule has 0 aliphatic rings. The molecule has 0 amide bonds. The first-order chi connectivity index (χ1) is 10.0. The molecule has 108 valence electrons. The molecule has 21 heavy (non-hydrogen) atoms. The summed E-state index contributed by atoms with van der Waals surface area (Å²) in [6, 6.07) is 6.68. The topological polar surface area (TPSA) is 35.6 Å². The fourth-order valence-electron chi connectivity index (χ4n) is 2.25. The van der Waals surface area contributed by atoms with Crippen LogP contribution in [0.3, 0.4) is 0 Å². The second kappa shape index (κ2) is 5.33. The Morgan fingerprint density at radius 1 is 1.24 bits per heavy atom. The van der Waals surface area contributed by atoms with E-state index in [2.05, 4.69) is 10.2 Å². The molecule has 2 heterocycles. The minimum atomic E-state index is -0.418. The summed E-state index contributed by atoms with van der Waals surface area (Å²) < 4.78 is 16.9. The third kappa shape index (κ3) is 2.83. The lowest BCUT2D eigenvalue weighted by atomic mass is 10.1. The minimum Gasteiger partial charge on any atom is -0.270 e. The molecule has 0 aliphatic carbocycles. The molecule has 3 aromatic rings. The van der Waals surface area contributed by atoms with Crippen molar-refractivity contribution in [2.75, 3.05) is 0 Å². The highest BCUT2D eigenvalue weighted by Gasteiger charge is 2.08. The SMILES string of the molecule is Cc1cc(Cn2cc(-c3ccc(F)c(Cl)c3)cn2)n(C)n1. The van der Waals surface area contributed by atoms with Crippen molar-refractivity contribution in [3.05, 3.63) is 58.9 Å². The molecular formula is C15H14ClFN4. The molecule has 1 aromatic carbocycles. The molecule has 0 atom stereocenters. The van der Waals surface area contributed by atoms with Gasteiger partial charge in [-0.1, -0.05) is 17.7 Å². The maximum absolute atomic E-state index is 13.2. The van der Waals surface area contributed by atoms with Crippen molar-refractivity contribution in [3.63, 3.8) is 0 Å². The van der Waals surface area contributed by atoms with Gasteiger partial charge in [-0.15, -0.1) is 0 Å². The number of aryl methyl sites for hydroxylation is 2. The zero-order valence-corrected chi connectivity index (χ0v) is 12.5. The molecule has 0 saturated carbocycles. The van der Waals surface area contributed by atoms with Crippen molar-refractivity contribution in [1.82, 2.24) is 19.6 Å². The second-order valence-corrected chi connectivity index (χ2v) is 5.36. The zero-order valence-electron chi connectivity index (χ0n) is 11.7. The molecule has 3 rings (SSSR count). The standard InChI is InChI=1S/C15H14ClFN4/c1-10-5-13(20(2)19-10)9-21-8-12(7-18-21)11-3-4-15(17)14(16)6-11/h3-8H,9H2,1-2H3. The van der Waals surface area contributed by atoms with E-state index in [1.165, 1.54) is 6.07 Å². The Kier molecular flexibility index (Phi) is 3.51. The van der Waals surface area contributed by atoms with Crippen LogP contribution in [0.25, 0.3) is 11.1 Å². The van der Waals surface area contributed by atoms with Crippen LogP contribution in [0.1, 0.15) is 11.4 Å². The van der Waals surface area contributed by atoms with E-state index in [0.717, 1.165) is 22.5 Å². The van der Waals surface area contributed by atoms with Gasteiger partial charge >= 0.3 is 0 Å². The molecule has 0 bridgehead atoms. The molecule has 0 saturated heterocycles. The van der Waals surface area contributed by atoms with E-state index in [9.17, 15) is 4.39 Å². The molecular weight excluding hydrogens is 291 g/mol. The van der Waals surface area contributed by atoms with E-state index in [1.54, 1.807) is 18.3 Å². The third-order valence-electron chi connectivity index (χ3n) is 3.31. The molecule has 0 fully saturated rings. The van der Waals surface area contributed by atoms with Crippen molar-refractivity contribution in [1.29, 1.82) is 0 Å². The molecule has 0 aliphatic heterocycles.